The van der Waals surface area contributed by atoms with E-state index in [-0.39, 0.29) is 81.9 Å². The molecule has 1 aromatic rings. The molecule has 0 aromatic heterocycles. The predicted octanol–water partition coefficient (Wildman–Crippen LogP) is -3.68. The fraction of sp³-hybridized carbons (Fsp3) is 0.634. The molecule has 23 nitrogen and oxygen atoms in total. The number of amides is 7. The molecule has 1 heterocycles. The summed E-state index contributed by atoms with van der Waals surface area (Å²) in [4.78, 5) is 104. The van der Waals surface area contributed by atoms with Crippen molar-refractivity contribution < 1.29 is 38.7 Å². The number of guanidine groups is 2. The first-order valence-electron chi connectivity index (χ1n) is 21.6. The zero-order valence-electron chi connectivity index (χ0n) is 37.4. The fourth-order valence-corrected chi connectivity index (χ4v) is 6.89. The maximum Gasteiger partial charge on any atom is 0.244 e. The van der Waals surface area contributed by atoms with Gasteiger partial charge in [0, 0.05) is 32.6 Å². The Morgan fingerprint density at radius 1 is 0.703 bits per heavy atom. The Hall–Kier alpha value is -6.23. The lowest BCUT2D eigenvalue weighted by Gasteiger charge is -2.30. The highest BCUT2D eigenvalue weighted by molar-refractivity contribution is 5.97. The molecule has 7 amide bonds. The average Bonchev–Trinajstić information content (AvgIpc) is 3.73. The molecular formula is C41H71N15O8. The van der Waals surface area contributed by atoms with Gasteiger partial charge < -0.3 is 76.7 Å². The third kappa shape index (κ3) is 18.6. The number of phenolic OH excluding ortho intramolecular Hbond substituents is 1. The largest absolute Gasteiger partial charge is 0.508 e. The number of aromatic hydroxyl groups is 1. The maximum absolute atomic E-state index is 14.1. The van der Waals surface area contributed by atoms with Gasteiger partial charge in [0.2, 0.25) is 41.4 Å². The predicted molar refractivity (Wildman–Crippen MR) is 241 cm³/mol. The van der Waals surface area contributed by atoms with E-state index < -0.39 is 89.6 Å². The van der Waals surface area contributed by atoms with E-state index in [0.717, 1.165) is 0 Å². The third-order valence-corrected chi connectivity index (χ3v) is 10.5. The summed E-state index contributed by atoms with van der Waals surface area (Å²) in [5.41, 5.74) is 39.9. The van der Waals surface area contributed by atoms with Crippen LogP contribution in [-0.4, -0.2) is 132 Å². The Labute approximate surface area is 374 Å². The number of hydrogen-bond acceptors (Lipinski definition) is 12. The average molecular weight is 902 g/mol. The van der Waals surface area contributed by atoms with E-state index in [0.29, 0.717) is 31.2 Å². The van der Waals surface area contributed by atoms with Crippen molar-refractivity contribution >= 4 is 53.3 Å². The van der Waals surface area contributed by atoms with Crippen molar-refractivity contribution in [2.24, 2.45) is 62.0 Å². The Bertz CT molecular complexity index is 1780. The molecule has 23 heteroatoms. The molecule has 358 valence electrons. The van der Waals surface area contributed by atoms with Gasteiger partial charge in [-0.25, -0.2) is 0 Å². The minimum atomic E-state index is -1.34. The third-order valence-electron chi connectivity index (χ3n) is 10.5. The van der Waals surface area contributed by atoms with Crippen LogP contribution >= 0.6 is 0 Å². The van der Waals surface area contributed by atoms with Gasteiger partial charge in [-0.1, -0.05) is 39.8 Å². The molecule has 64 heavy (non-hydrogen) atoms. The summed E-state index contributed by atoms with van der Waals surface area (Å²) < 4.78 is 0. The van der Waals surface area contributed by atoms with Crippen molar-refractivity contribution in [1.29, 1.82) is 0 Å². The number of aliphatic imine (C=N–C) groups is 2. The second kappa shape index (κ2) is 27.1. The Morgan fingerprint density at radius 3 is 1.80 bits per heavy atom. The summed E-state index contributed by atoms with van der Waals surface area (Å²) in [5.74, 6) is -5.50. The van der Waals surface area contributed by atoms with Crippen LogP contribution in [0.2, 0.25) is 0 Å². The molecule has 0 spiro atoms. The highest BCUT2D eigenvalue weighted by Gasteiger charge is 2.38. The SMILES string of the molecule is CC(C)CC[C@H](NC(=O)[C@H](CN)NC(=O)[C@H](Cc1ccc(O)cc1)NC(=O)[C@@H](NC(=O)[C@H](CCCN=C(N)N)NC(=O)[C@@H]1CCCN1C(=O)[C@@H](N)CCCN=C(N)N)C(C)C)C(N)=O. The van der Waals surface area contributed by atoms with Crippen molar-refractivity contribution in [3.8, 4) is 5.75 Å². The summed E-state index contributed by atoms with van der Waals surface area (Å²) in [6.45, 7) is 7.53. The zero-order chi connectivity index (χ0) is 48.1. The summed E-state index contributed by atoms with van der Waals surface area (Å²) >= 11 is 0. The van der Waals surface area contributed by atoms with Gasteiger partial charge in [0.25, 0.3) is 0 Å². The number of benzene rings is 1. The molecule has 1 fully saturated rings. The number of nitrogens with zero attached hydrogens (tertiary/aromatic N) is 3. The van der Waals surface area contributed by atoms with Crippen LogP contribution in [0.15, 0.2) is 34.3 Å². The normalized spacial score (nSPS) is 16.3. The Kier molecular flexibility index (Phi) is 22.8. The molecule has 1 saturated heterocycles. The van der Waals surface area contributed by atoms with E-state index in [1.165, 1.54) is 17.0 Å². The Morgan fingerprint density at radius 2 is 1.25 bits per heavy atom. The molecular weight excluding hydrogens is 831 g/mol. The lowest BCUT2D eigenvalue weighted by atomic mass is 9.99. The zero-order valence-corrected chi connectivity index (χ0v) is 37.4. The van der Waals surface area contributed by atoms with Gasteiger partial charge in [0.1, 0.15) is 42.0 Å². The summed E-state index contributed by atoms with van der Waals surface area (Å²) in [6.07, 6.45) is 2.56. The van der Waals surface area contributed by atoms with E-state index in [1.807, 2.05) is 13.8 Å². The van der Waals surface area contributed by atoms with Crippen molar-refractivity contribution in [2.75, 3.05) is 26.2 Å². The number of carbonyl (C=O) groups excluding carboxylic acids is 7. The molecule has 1 aliphatic rings. The minimum Gasteiger partial charge on any atom is -0.508 e. The van der Waals surface area contributed by atoms with Crippen LogP contribution in [-0.2, 0) is 40.0 Å². The van der Waals surface area contributed by atoms with Crippen LogP contribution < -0.4 is 66.7 Å². The maximum atomic E-state index is 14.1. The molecule has 0 aliphatic carbocycles. The monoisotopic (exact) mass is 902 g/mol. The molecule has 2 rings (SSSR count). The van der Waals surface area contributed by atoms with Crippen LogP contribution in [0.1, 0.15) is 84.6 Å². The van der Waals surface area contributed by atoms with E-state index in [1.54, 1.807) is 26.0 Å². The highest BCUT2D eigenvalue weighted by Crippen LogP contribution is 2.20. The number of hydrogen-bond donors (Lipinski definition) is 13. The van der Waals surface area contributed by atoms with E-state index in [9.17, 15) is 38.7 Å². The summed E-state index contributed by atoms with van der Waals surface area (Å²) in [6, 6.07) is -2.12. The summed E-state index contributed by atoms with van der Waals surface area (Å²) in [7, 11) is 0. The van der Waals surface area contributed by atoms with Crippen LogP contribution in [0.4, 0.5) is 0 Å². The van der Waals surface area contributed by atoms with Gasteiger partial charge in [-0.05, 0) is 80.9 Å². The number of nitrogens with one attached hydrogen (secondary N) is 5. The summed E-state index contributed by atoms with van der Waals surface area (Å²) in [5, 5.41) is 23.1. The van der Waals surface area contributed by atoms with Gasteiger partial charge in [-0.2, -0.15) is 0 Å². The van der Waals surface area contributed by atoms with Gasteiger partial charge in [0.05, 0.1) is 6.04 Å². The van der Waals surface area contributed by atoms with Crippen LogP contribution in [0.5, 0.6) is 5.75 Å². The number of rotatable bonds is 27. The first-order valence-corrected chi connectivity index (χ1v) is 21.6. The fourth-order valence-electron chi connectivity index (χ4n) is 6.89. The molecule has 0 saturated carbocycles. The van der Waals surface area contributed by atoms with Crippen molar-refractivity contribution in [2.45, 2.75) is 128 Å². The molecule has 1 aromatic carbocycles. The number of likely N-dealkylation sites (tertiary alicyclic amines) is 1. The van der Waals surface area contributed by atoms with Crippen molar-refractivity contribution in [1.82, 2.24) is 31.5 Å². The van der Waals surface area contributed by atoms with Crippen LogP contribution in [0, 0.1) is 11.8 Å². The smallest absolute Gasteiger partial charge is 0.244 e. The van der Waals surface area contributed by atoms with Gasteiger partial charge in [0.15, 0.2) is 11.9 Å². The lowest BCUT2D eigenvalue weighted by Crippen LogP contribution is -2.61. The van der Waals surface area contributed by atoms with Crippen LogP contribution in [0.25, 0.3) is 0 Å². The topological polar surface area (TPSA) is 410 Å². The molecule has 20 N–H and O–H groups in total. The van der Waals surface area contributed by atoms with Gasteiger partial charge in [-0.3, -0.25) is 43.5 Å². The number of nitrogens with two attached hydrogens (primary N) is 7. The molecule has 0 bridgehead atoms. The van der Waals surface area contributed by atoms with Crippen LogP contribution in [0.3, 0.4) is 0 Å². The standard InChI is InChI=1S/C41H71N15O8/c1-22(2)11-16-27(33(44)58)51-36(61)30(21-42)54-35(60)29(20-24-12-14-25(57)15-13-24)53-38(63)32(23(3)4)55-34(59)28(9-6-18-50-41(47)48)52-37(62)31-10-7-19-56(31)39(64)26(43)8-5-17-49-40(45)46/h12-15,22-23,26-32,57H,5-11,16-21,42-43H2,1-4H3,(H2,44,58)(H,51,61)(H,52,62)(H,53,63)(H,54,60)(H,55,59)(H4,45,46,49)(H4,47,48,50)/t26-,27-,28-,29-,30-,31-,32-/m0/s1. The van der Waals surface area contributed by atoms with E-state index in [4.69, 9.17) is 40.1 Å². The van der Waals surface area contributed by atoms with Crippen molar-refractivity contribution in [3.63, 3.8) is 0 Å². The highest BCUT2D eigenvalue weighted by atomic mass is 16.3. The molecule has 7 atom stereocenters. The number of phenols is 1. The number of carbonyl (C=O) groups is 7. The first kappa shape index (κ1) is 53.9. The van der Waals surface area contributed by atoms with E-state index >= 15 is 0 Å². The van der Waals surface area contributed by atoms with Crippen molar-refractivity contribution in [3.05, 3.63) is 29.8 Å². The van der Waals surface area contributed by atoms with Gasteiger partial charge >= 0.3 is 0 Å². The number of primary amides is 1. The minimum absolute atomic E-state index is 0.0360. The molecule has 0 radical (unpaired) electrons. The first-order chi connectivity index (χ1) is 30.1. The van der Waals surface area contributed by atoms with E-state index in [2.05, 4.69) is 36.6 Å². The second-order valence-electron chi connectivity index (χ2n) is 16.6. The van der Waals surface area contributed by atoms with Gasteiger partial charge in [-0.15, -0.1) is 0 Å². The quantitative estimate of drug-likeness (QED) is 0.0230. The Balaban J connectivity index is 2.33. The molecule has 0 unspecified atom stereocenters. The second-order valence-corrected chi connectivity index (χ2v) is 16.6. The molecule has 1 aliphatic heterocycles. The lowest BCUT2D eigenvalue weighted by molar-refractivity contribution is -0.140.